The summed E-state index contributed by atoms with van der Waals surface area (Å²) in [5.41, 5.74) is 8.73. The van der Waals surface area contributed by atoms with Crippen molar-refractivity contribution in [3.8, 4) is 0 Å². The quantitative estimate of drug-likeness (QED) is 0.292. The summed E-state index contributed by atoms with van der Waals surface area (Å²) in [6.07, 6.45) is 0. The maximum Gasteiger partial charge on any atom is 0.275 e. The van der Waals surface area contributed by atoms with Gasteiger partial charge in [0.05, 0.1) is 4.88 Å². The minimum absolute atomic E-state index is 0.274. The number of nitrogens with one attached hydrogen (secondary N) is 1. The van der Waals surface area contributed by atoms with Gasteiger partial charge in [-0.15, -0.1) is 21.5 Å². The maximum absolute atomic E-state index is 11.9. The number of benzene rings is 1. The van der Waals surface area contributed by atoms with Crippen molar-refractivity contribution in [3.63, 3.8) is 0 Å². The Morgan fingerprint density at radius 2 is 2.10 bits per heavy atom. The van der Waals surface area contributed by atoms with E-state index in [4.69, 9.17) is 11.6 Å². The standard InChI is InChI=1S/C12H11N5OS3/c13-11-16-17-12(21-11)19-5-7-6-3-1-2-4-8(6)20-9(7)10(18)15-14/h1-4H,5,14H2,(H2,13,16)(H,15,18). The van der Waals surface area contributed by atoms with Gasteiger partial charge in [-0.25, -0.2) is 5.84 Å². The van der Waals surface area contributed by atoms with Gasteiger partial charge >= 0.3 is 0 Å². The van der Waals surface area contributed by atoms with Crippen LogP contribution in [0.4, 0.5) is 5.13 Å². The van der Waals surface area contributed by atoms with Gasteiger partial charge < -0.3 is 5.73 Å². The van der Waals surface area contributed by atoms with Gasteiger partial charge in [0.15, 0.2) is 4.34 Å². The Morgan fingerprint density at radius 1 is 1.29 bits per heavy atom. The van der Waals surface area contributed by atoms with Crippen LogP contribution in [-0.4, -0.2) is 16.1 Å². The van der Waals surface area contributed by atoms with Crippen molar-refractivity contribution in [1.29, 1.82) is 0 Å². The summed E-state index contributed by atoms with van der Waals surface area (Å²) in [6, 6.07) is 7.90. The molecule has 0 aliphatic carbocycles. The summed E-state index contributed by atoms with van der Waals surface area (Å²) in [4.78, 5) is 12.6. The van der Waals surface area contributed by atoms with Gasteiger partial charge in [-0.05, 0) is 17.0 Å². The molecule has 3 aromatic rings. The topological polar surface area (TPSA) is 107 Å². The van der Waals surface area contributed by atoms with Crippen LogP contribution in [0, 0.1) is 0 Å². The van der Waals surface area contributed by atoms with Gasteiger partial charge in [0.2, 0.25) is 5.13 Å². The van der Waals surface area contributed by atoms with Crippen molar-refractivity contribution >= 4 is 55.6 Å². The molecule has 6 nitrogen and oxygen atoms in total. The fourth-order valence-electron chi connectivity index (χ4n) is 1.90. The summed E-state index contributed by atoms with van der Waals surface area (Å²) < 4.78 is 1.84. The second-order valence-corrected chi connectivity index (χ2v) is 7.36. The van der Waals surface area contributed by atoms with E-state index in [1.54, 1.807) is 0 Å². The Labute approximate surface area is 132 Å². The van der Waals surface area contributed by atoms with Crippen molar-refractivity contribution in [2.75, 3.05) is 5.73 Å². The van der Waals surface area contributed by atoms with Crippen LogP contribution in [0.15, 0.2) is 28.6 Å². The number of amides is 1. The Hall–Kier alpha value is -1.68. The van der Waals surface area contributed by atoms with Crippen LogP contribution in [0.1, 0.15) is 15.2 Å². The molecular formula is C12H11N5OS3. The lowest BCUT2D eigenvalue weighted by Gasteiger charge is -2.02. The molecule has 5 N–H and O–H groups in total. The normalized spacial score (nSPS) is 10.9. The third-order valence-electron chi connectivity index (χ3n) is 2.80. The number of nitrogens with two attached hydrogens (primary N) is 2. The van der Waals surface area contributed by atoms with Crippen molar-refractivity contribution in [1.82, 2.24) is 15.6 Å². The summed E-state index contributed by atoms with van der Waals surface area (Å²) in [6.45, 7) is 0. The first-order valence-corrected chi connectivity index (χ1v) is 8.54. The van der Waals surface area contributed by atoms with Gasteiger partial charge in [-0.1, -0.05) is 41.3 Å². The highest BCUT2D eigenvalue weighted by Gasteiger charge is 2.18. The third-order valence-corrected chi connectivity index (χ3v) is 5.92. The number of hydrogen-bond donors (Lipinski definition) is 3. The Morgan fingerprint density at radius 3 is 2.81 bits per heavy atom. The zero-order valence-corrected chi connectivity index (χ0v) is 13.1. The maximum atomic E-state index is 11.9. The predicted molar refractivity (Wildman–Crippen MR) is 87.4 cm³/mol. The number of nitrogen functional groups attached to an aromatic ring is 2. The zero-order chi connectivity index (χ0) is 14.8. The number of hydrogen-bond acceptors (Lipinski definition) is 8. The molecule has 0 saturated carbocycles. The van der Waals surface area contributed by atoms with Gasteiger partial charge in [-0.3, -0.25) is 10.2 Å². The summed E-state index contributed by atoms with van der Waals surface area (Å²) >= 11 is 4.27. The molecule has 21 heavy (non-hydrogen) atoms. The summed E-state index contributed by atoms with van der Waals surface area (Å²) in [7, 11) is 0. The first kappa shape index (κ1) is 14.3. The number of nitrogens with zero attached hydrogens (tertiary/aromatic N) is 2. The number of anilines is 1. The lowest BCUT2D eigenvalue weighted by Crippen LogP contribution is -2.29. The van der Waals surface area contributed by atoms with Crippen LogP contribution in [0.5, 0.6) is 0 Å². The van der Waals surface area contributed by atoms with Gasteiger partial charge in [0, 0.05) is 10.5 Å². The highest BCUT2D eigenvalue weighted by atomic mass is 32.2. The molecule has 0 radical (unpaired) electrons. The highest BCUT2D eigenvalue weighted by molar-refractivity contribution is 8.00. The number of aromatic nitrogens is 2. The molecule has 108 valence electrons. The molecule has 9 heteroatoms. The number of thioether (sulfide) groups is 1. The molecule has 0 aliphatic heterocycles. The van der Waals surface area contributed by atoms with E-state index in [0.717, 1.165) is 20.0 Å². The molecule has 2 aromatic heterocycles. The predicted octanol–water partition coefficient (Wildman–Crippen LogP) is 2.23. The van der Waals surface area contributed by atoms with Crippen LogP contribution in [-0.2, 0) is 5.75 Å². The van der Waals surface area contributed by atoms with E-state index in [2.05, 4.69) is 15.6 Å². The second-order valence-electron chi connectivity index (χ2n) is 4.07. The van der Waals surface area contributed by atoms with Gasteiger partial charge in [-0.2, -0.15) is 0 Å². The molecule has 1 amide bonds. The molecule has 0 saturated heterocycles. The number of fused-ring (bicyclic) bond motifs is 1. The molecule has 3 rings (SSSR count). The number of carbonyl (C=O) groups is 1. The summed E-state index contributed by atoms with van der Waals surface area (Å²) in [5.74, 6) is 5.61. The molecule has 0 aliphatic rings. The molecule has 2 heterocycles. The molecule has 0 atom stereocenters. The van der Waals surface area contributed by atoms with E-state index in [9.17, 15) is 4.79 Å². The second kappa shape index (κ2) is 5.98. The van der Waals surface area contributed by atoms with Crippen LogP contribution < -0.4 is 17.0 Å². The fourth-order valence-corrected chi connectivity index (χ4v) is 4.80. The van der Waals surface area contributed by atoms with Crippen molar-refractivity contribution in [3.05, 3.63) is 34.7 Å². The van der Waals surface area contributed by atoms with Crippen molar-refractivity contribution in [2.24, 2.45) is 5.84 Å². The number of carbonyl (C=O) groups excluding carboxylic acids is 1. The molecule has 0 bridgehead atoms. The Kier molecular flexibility index (Phi) is 4.06. The number of thiophene rings is 1. The van der Waals surface area contributed by atoms with Crippen molar-refractivity contribution < 1.29 is 4.79 Å². The number of rotatable bonds is 4. The highest BCUT2D eigenvalue weighted by Crippen LogP contribution is 2.36. The van der Waals surface area contributed by atoms with E-state index in [-0.39, 0.29) is 5.91 Å². The van der Waals surface area contributed by atoms with Crippen molar-refractivity contribution in [2.45, 2.75) is 10.1 Å². The monoisotopic (exact) mass is 337 g/mol. The average Bonchev–Trinajstić information content (AvgIpc) is 3.07. The lowest BCUT2D eigenvalue weighted by atomic mass is 10.1. The van der Waals surface area contributed by atoms with E-state index in [1.165, 1.54) is 34.4 Å². The molecule has 0 unspecified atom stereocenters. The smallest absolute Gasteiger partial charge is 0.275 e. The van der Waals surface area contributed by atoms with E-state index >= 15 is 0 Å². The molecular weight excluding hydrogens is 326 g/mol. The lowest BCUT2D eigenvalue weighted by molar-refractivity contribution is 0.0957. The van der Waals surface area contributed by atoms with Crippen LogP contribution in [0.3, 0.4) is 0 Å². The molecule has 0 spiro atoms. The average molecular weight is 337 g/mol. The van der Waals surface area contributed by atoms with Crippen LogP contribution >= 0.6 is 34.4 Å². The third kappa shape index (κ3) is 2.86. The van der Waals surface area contributed by atoms with E-state index in [1.807, 2.05) is 24.3 Å². The molecule has 0 fully saturated rings. The van der Waals surface area contributed by atoms with Crippen LogP contribution in [0.2, 0.25) is 0 Å². The van der Waals surface area contributed by atoms with E-state index in [0.29, 0.717) is 15.8 Å². The Balaban J connectivity index is 1.96. The van der Waals surface area contributed by atoms with Gasteiger partial charge in [0.25, 0.3) is 5.91 Å². The first-order valence-electron chi connectivity index (χ1n) is 5.92. The zero-order valence-electron chi connectivity index (χ0n) is 10.7. The first-order chi connectivity index (χ1) is 10.2. The SMILES string of the molecule is NNC(=O)c1sc2ccccc2c1CSc1nnc(N)s1. The minimum atomic E-state index is -0.274. The summed E-state index contributed by atoms with van der Waals surface area (Å²) in [5, 5.41) is 9.25. The van der Waals surface area contributed by atoms with E-state index < -0.39 is 0 Å². The molecule has 1 aromatic carbocycles. The minimum Gasteiger partial charge on any atom is -0.374 e. The fraction of sp³-hybridized carbons (Fsp3) is 0.0833. The van der Waals surface area contributed by atoms with Crippen LogP contribution in [0.25, 0.3) is 10.1 Å². The number of hydrazine groups is 1. The Bertz CT molecular complexity index is 797. The van der Waals surface area contributed by atoms with Gasteiger partial charge in [0.1, 0.15) is 0 Å². The largest absolute Gasteiger partial charge is 0.374 e.